The van der Waals surface area contributed by atoms with Crippen LogP contribution in [0.5, 0.6) is 0 Å². The van der Waals surface area contributed by atoms with Crippen molar-refractivity contribution in [3.8, 4) is 45.0 Å². The van der Waals surface area contributed by atoms with Crippen molar-refractivity contribution in [2.75, 3.05) is 0 Å². The molecule has 0 aliphatic heterocycles. The predicted molar refractivity (Wildman–Crippen MR) is 205 cm³/mol. The summed E-state index contributed by atoms with van der Waals surface area (Å²) in [6.45, 7) is 0. The van der Waals surface area contributed by atoms with E-state index in [0.29, 0.717) is 35.0 Å². The van der Waals surface area contributed by atoms with Gasteiger partial charge in [-0.2, -0.15) is 0 Å². The first-order valence-corrected chi connectivity index (χ1v) is 16.7. The van der Waals surface area contributed by atoms with Crippen LogP contribution < -0.4 is 0 Å². The predicted octanol–water partition coefficient (Wildman–Crippen LogP) is 11.9. The quantitative estimate of drug-likeness (QED) is 0.178. The van der Waals surface area contributed by atoms with E-state index in [1.165, 1.54) is 0 Å². The molecule has 240 valence electrons. The number of hydrogen-bond acceptors (Lipinski definition) is 5. The standard InChI is InChI=1S/C46H29N3O2/c1-3-11-29(12-4-1)30-21-23-32(24-22-30)46-48-42(47-45(49-46)31-13-5-2-6-14-31)28-34-15-9-20-41-43(34)38-27-33(25-26-40(38)50-41)35-17-10-18-37-36-16-7-8-19-39(36)51-44(35)37/h1-27H,28H2/i1D,3D,4D,11D,12D. The van der Waals surface area contributed by atoms with Crippen LogP contribution in [-0.4, -0.2) is 15.0 Å². The zero-order chi connectivity index (χ0) is 38.1. The number of hydrogen-bond donors (Lipinski definition) is 0. The van der Waals surface area contributed by atoms with E-state index in [1.54, 1.807) is 24.3 Å². The van der Waals surface area contributed by atoms with Crippen LogP contribution in [-0.2, 0) is 6.42 Å². The van der Waals surface area contributed by atoms with Gasteiger partial charge in [0.2, 0.25) is 0 Å². The Labute approximate surface area is 300 Å². The van der Waals surface area contributed by atoms with Gasteiger partial charge in [0.25, 0.3) is 0 Å². The molecule has 0 saturated heterocycles. The summed E-state index contributed by atoms with van der Waals surface area (Å²) in [5.74, 6) is 1.53. The molecule has 10 rings (SSSR count). The molecule has 3 heterocycles. The average molecular weight is 661 g/mol. The van der Waals surface area contributed by atoms with Crippen LogP contribution in [0.2, 0.25) is 0 Å². The van der Waals surface area contributed by atoms with Crippen molar-refractivity contribution in [1.82, 2.24) is 15.0 Å². The van der Waals surface area contributed by atoms with Crippen LogP contribution in [0.25, 0.3) is 88.9 Å². The molecule has 0 N–H and O–H groups in total. The van der Waals surface area contributed by atoms with E-state index in [-0.39, 0.29) is 29.7 Å². The minimum absolute atomic E-state index is 0.140. The van der Waals surface area contributed by atoms with Gasteiger partial charge in [0.15, 0.2) is 11.6 Å². The van der Waals surface area contributed by atoms with E-state index in [0.717, 1.165) is 66.1 Å². The Bertz CT molecular complexity index is 3150. The summed E-state index contributed by atoms with van der Waals surface area (Å²) in [6.07, 6.45) is 0.394. The molecular formula is C46H29N3O2. The van der Waals surface area contributed by atoms with E-state index in [1.807, 2.05) is 66.7 Å². The summed E-state index contributed by atoms with van der Waals surface area (Å²) in [7, 11) is 0. The fraction of sp³-hybridized carbons (Fsp3) is 0.0217. The highest BCUT2D eigenvalue weighted by atomic mass is 16.3. The molecule has 0 fully saturated rings. The van der Waals surface area contributed by atoms with Crippen LogP contribution in [0.1, 0.15) is 18.2 Å². The molecule has 3 aromatic heterocycles. The molecule has 51 heavy (non-hydrogen) atoms. The van der Waals surface area contributed by atoms with E-state index in [2.05, 4.69) is 42.5 Å². The second kappa shape index (κ2) is 11.9. The van der Waals surface area contributed by atoms with E-state index in [9.17, 15) is 0 Å². The lowest BCUT2D eigenvalue weighted by Gasteiger charge is -2.10. The first-order valence-electron chi connectivity index (χ1n) is 19.2. The Balaban J connectivity index is 1.07. The van der Waals surface area contributed by atoms with E-state index >= 15 is 0 Å². The van der Waals surface area contributed by atoms with Gasteiger partial charge < -0.3 is 8.83 Å². The zero-order valence-corrected chi connectivity index (χ0v) is 27.1. The lowest BCUT2D eigenvalue weighted by molar-refractivity contribution is 0.668. The van der Waals surface area contributed by atoms with Crippen molar-refractivity contribution in [3.05, 3.63) is 175 Å². The summed E-state index contributed by atoms with van der Waals surface area (Å²) in [5.41, 5.74) is 8.40. The lowest BCUT2D eigenvalue weighted by Crippen LogP contribution is -2.04. The maximum Gasteiger partial charge on any atom is 0.163 e. The Morgan fingerprint density at radius 1 is 0.471 bits per heavy atom. The number of benzene rings is 7. The van der Waals surface area contributed by atoms with Crippen molar-refractivity contribution in [2.24, 2.45) is 0 Å². The van der Waals surface area contributed by atoms with E-state index < -0.39 is 6.04 Å². The van der Waals surface area contributed by atoms with Gasteiger partial charge in [-0.3, -0.25) is 0 Å². The van der Waals surface area contributed by atoms with Crippen molar-refractivity contribution < 1.29 is 15.7 Å². The molecule has 5 nitrogen and oxygen atoms in total. The fourth-order valence-electron chi connectivity index (χ4n) is 6.88. The minimum atomic E-state index is -0.425. The summed E-state index contributed by atoms with van der Waals surface area (Å²) in [6, 6.07) is 41.7. The molecule has 0 bridgehead atoms. The summed E-state index contributed by atoms with van der Waals surface area (Å²) < 4.78 is 53.9. The second-order valence-corrected chi connectivity index (χ2v) is 12.4. The molecule has 0 saturated carbocycles. The van der Waals surface area contributed by atoms with E-state index in [4.69, 9.17) is 30.6 Å². The second-order valence-electron chi connectivity index (χ2n) is 12.4. The number of fused-ring (bicyclic) bond motifs is 6. The monoisotopic (exact) mass is 660 g/mol. The molecule has 0 unspecified atom stereocenters. The van der Waals surface area contributed by atoms with Crippen LogP contribution in [0.15, 0.2) is 173 Å². The molecule has 0 spiro atoms. The van der Waals surface area contributed by atoms with Gasteiger partial charge in [0.1, 0.15) is 28.2 Å². The molecule has 7 aromatic carbocycles. The van der Waals surface area contributed by atoms with Gasteiger partial charge >= 0.3 is 0 Å². The van der Waals surface area contributed by atoms with Crippen molar-refractivity contribution in [2.45, 2.75) is 6.42 Å². The third-order valence-corrected chi connectivity index (χ3v) is 9.29. The molecule has 5 heteroatoms. The molecule has 0 atom stereocenters. The Hall–Kier alpha value is -6.85. The maximum absolute atomic E-state index is 8.44. The van der Waals surface area contributed by atoms with Gasteiger partial charge in [-0.25, -0.2) is 15.0 Å². The number of furan rings is 2. The third-order valence-electron chi connectivity index (χ3n) is 9.29. The third kappa shape index (κ3) is 5.15. The van der Waals surface area contributed by atoms with Crippen molar-refractivity contribution in [3.63, 3.8) is 0 Å². The molecular weight excluding hydrogens is 627 g/mol. The normalized spacial score (nSPS) is 13.0. The Morgan fingerprint density at radius 3 is 1.98 bits per heavy atom. The Kier molecular flexibility index (Phi) is 5.69. The first-order chi connectivity index (χ1) is 27.3. The first kappa shape index (κ1) is 24.3. The number of para-hydroxylation sites is 2. The van der Waals surface area contributed by atoms with Gasteiger partial charge in [-0.15, -0.1) is 0 Å². The van der Waals surface area contributed by atoms with Gasteiger partial charge in [-0.05, 0) is 46.5 Å². The summed E-state index contributed by atoms with van der Waals surface area (Å²) >= 11 is 0. The maximum atomic E-state index is 8.44. The van der Waals surface area contributed by atoms with Crippen LogP contribution in [0.4, 0.5) is 0 Å². The highest BCUT2D eigenvalue weighted by Gasteiger charge is 2.18. The highest BCUT2D eigenvalue weighted by molar-refractivity contribution is 6.12. The van der Waals surface area contributed by atoms with Crippen molar-refractivity contribution in [1.29, 1.82) is 0 Å². The minimum Gasteiger partial charge on any atom is -0.456 e. The Morgan fingerprint density at radius 2 is 1.14 bits per heavy atom. The zero-order valence-electron chi connectivity index (χ0n) is 32.1. The smallest absolute Gasteiger partial charge is 0.163 e. The molecule has 0 aliphatic rings. The number of aromatic nitrogens is 3. The highest BCUT2D eigenvalue weighted by Crippen LogP contribution is 2.39. The average Bonchev–Trinajstić information content (AvgIpc) is 3.81. The topological polar surface area (TPSA) is 65.0 Å². The van der Waals surface area contributed by atoms with Gasteiger partial charge in [-0.1, -0.05) is 139 Å². The van der Waals surface area contributed by atoms with Crippen LogP contribution in [0.3, 0.4) is 0 Å². The van der Waals surface area contributed by atoms with Gasteiger partial charge in [0, 0.05) is 44.7 Å². The largest absolute Gasteiger partial charge is 0.456 e. The molecule has 0 amide bonds. The molecule has 0 aliphatic carbocycles. The van der Waals surface area contributed by atoms with Crippen molar-refractivity contribution >= 4 is 43.9 Å². The SMILES string of the molecule is [2H]c1c([2H])c([2H])c(-c2ccc(-c3nc(Cc4cccc5oc6ccc(-c7cccc8c7oc7ccccc78)cc6c45)nc(-c4ccccc4)n3)cc2)c([2H])c1[2H]. The summed E-state index contributed by atoms with van der Waals surface area (Å²) in [4.78, 5) is 14.8. The molecule has 10 aromatic rings. The number of rotatable bonds is 6. The lowest BCUT2D eigenvalue weighted by atomic mass is 9.98. The number of nitrogens with zero attached hydrogens (tertiary/aromatic N) is 3. The molecule has 0 radical (unpaired) electrons. The fourth-order valence-corrected chi connectivity index (χ4v) is 6.88. The van der Waals surface area contributed by atoms with Crippen LogP contribution >= 0.6 is 0 Å². The van der Waals surface area contributed by atoms with Gasteiger partial charge in [0.05, 0.1) is 6.85 Å². The summed E-state index contributed by atoms with van der Waals surface area (Å²) in [5, 5.41) is 4.10. The van der Waals surface area contributed by atoms with Crippen LogP contribution in [0, 0.1) is 0 Å².